The van der Waals surface area contributed by atoms with Crippen molar-refractivity contribution >= 4 is 29.3 Å². The highest BCUT2D eigenvalue weighted by Crippen LogP contribution is 2.41. The first-order valence-electron chi connectivity index (χ1n) is 17.8. The molecule has 50 heavy (non-hydrogen) atoms. The normalized spacial score (nSPS) is 43.4. The van der Waals surface area contributed by atoms with Crippen molar-refractivity contribution in [3.05, 3.63) is 0 Å². The van der Waals surface area contributed by atoms with Crippen LogP contribution < -0.4 is 0 Å². The lowest BCUT2D eigenvalue weighted by Crippen LogP contribution is -2.61. The van der Waals surface area contributed by atoms with Gasteiger partial charge in [-0.15, -0.1) is 0 Å². The van der Waals surface area contributed by atoms with Gasteiger partial charge in [-0.25, -0.2) is 4.99 Å². The zero-order valence-electron chi connectivity index (χ0n) is 31.8. The number of aliphatic hydroxyl groups excluding tert-OH is 1. The lowest BCUT2D eigenvalue weighted by atomic mass is 9.73. The number of nitrogens with zero attached hydrogens (tertiary/aromatic N) is 2. The maximum Gasteiger partial charge on any atom is 0.311 e. The van der Waals surface area contributed by atoms with Crippen molar-refractivity contribution in [3.8, 4) is 0 Å². The maximum absolute atomic E-state index is 13.7. The molecule has 0 saturated carbocycles. The van der Waals surface area contributed by atoms with Crippen LogP contribution >= 0.6 is 0 Å². The van der Waals surface area contributed by atoms with E-state index < -0.39 is 109 Å². The Bertz CT molecular complexity index is 1260. The van der Waals surface area contributed by atoms with Gasteiger partial charge in [-0.2, -0.15) is 0 Å². The molecule has 14 atom stereocenters. The number of aliphatic imine (C=N–C) groups is 1. The molecule has 0 aliphatic carbocycles. The summed E-state index contributed by atoms with van der Waals surface area (Å²) in [6.07, 6.45) is -6.15. The lowest BCUT2D eigenvalue weighted by molar-refractivity contribution is -0.304. The Labute approximate surface area is 296 Å². The Balaban J connectivity index is 2.31. The molecule has 0 aromatic heterocycles. The number of ketones is 1. The average molecular weight is 713 g/mol. The van der Waals surface area contributed by atoms with Gasteiger partial charge in [-0.3, -0.25) is 19.2 Å². The molecule has 3 rings (SSSR count). The monoisotopic (exact) mass is 712 g/mol. The molecule has 3 saturated heterocycles. The van der Waals surface area contributed by atoms with Crippen LogP contribution in [0.4, 0.5) is 0 Å². The van der Waals surface area contributed by atoms with E-state index in [2.05, 4.69) is 4.99 Å². The summed E-state index contributed by atoms with van der Waals surface area (Å²) >= 11 is 0. The minimum Gasteiger partial charge on any atom is -0.459 e. The Morgan fingerprint density at radius 3 is 2.24 bits per heavy atom. The molecule has 2 bridgehead atoms. The summed E-state index contributed by atoms with van der Waals surface area (Å²) in [6, 6.07) is -0.287. The second kappa shape index (κ2) is 17.0. The third-order valence-electron chi connectivity index (χ3n) is 10.6. The predicted molar refractivity (Wildman–Crippen MR) is 182 cm³/mol. The van der Waals surface area contributed by atoms with Gasteiger partial charge in [0.2, 0.25) is 5.91 Å². The molecule has 3 aliphatic rings. The van der Waals surface area contributed by atoms with Gasteiger partial charge in [0.1, 0.15) is 24.9 Å². The number of Topliss-reactive ketones (excluding diaryl/α,β-unsaturated/α-hetero) is 1. The number of hydrogen-bond acceptors (Lipinski definition) is 13. The van der Waals surface area contributed by atoms with E-state index in [0.717, 1.165) is 0 Å². The third kappa shape index (κ3) is 9.55. The van der Waals surface area contributed by atoms with E-state index in [0.29, 0.717) is 12.1 Å². The summed E-state index contributed by atoms with van der Waals surface area (Å²) in [5.74, 6) is -5.40. The number of cyclic esters (lactones) is 1. The number of rotatable bonds is 5. The number of likely N-dealkylation sites (N-methyl/N-ethyl adjacent to an activating group) is 1. The van der Waals surface area contributed by atoms with Gasteiger partial charge >= 0.3 is 11.9 Å². The molecule has 3 heterocycles. The van der Waals surface area contributed by atoms with Gasteiger partial charge in [0, 0.05) is 31.4 Å². The van der Waals surface area contributed by atoms with E-state index in [9.17, 15) is 29.4 Å². The average Bonchev–Trinajstić information content (AvgIpc) is 3.03. The van der Waals surface area contributed by atoms with Crippen LogP contribution in [-0.2, 0) is 47.6 Å². The Kier molecular flexibility index (Phi) is 14.3. The summed E-state index contributed by atoms with van der Waals surface area (Å²) in [5, 5.41) is 23.9. The fourth-order valence-electron chi connectivity index (χ4n) is 8.00. The lowest BCUT2D eigenvalue weighted by Gasteiger charge is -2.49. The fourth-order valence-corrected chi connectivity index (χ4v) is 8.00. The van der Waals surface area contributed by atoms with Crippen LogP contribution in [0.1, 0.15) is 88.5 Å². The summed E-state index contributed by atoms with van der Waals surface area (Å²) in [5.41, 5.74) is -2.85. The van der Waals surface area contributed by atoms with Crippen LogP contribution in [0, 0.1) is 23.7 Å². The summed E-state index contributed by atoms with van der Waals surface area (Å²) in [4.78, 5) is 58.4. The van der Waals surface area contributed by atoms with E-state index >= 15 is 0 Å². The Morgan fingerprint density at radius 1 is 1.04 bits per heavy atom. The number of amides is 1. The largest absolute Gasteiger partial charge is 0.459 e. The van der Waals surface area contributed by atoms with Gasteiger partial charge in [-0.05, 0) is 67.0 Å². The molecule has 0 radical (unpaired) electrons. The van der Waals surface area contributed by atoms with Crippen molar-refractivity contribution < 1.29 is 57.8 Å². The molecule has 14 nitrogen and oxygen atoms in total. The quantitative estimate of drug-likeness (QED) is 0.398. The van der Waals surface area contributed by atoms with Crippen LogP contribution in [0.25, 0.3) is 0 Å². The number of aliphatic hydroxyl groups is 2. The fraction of sp³-hybridized carbons (Fsp3) is 0.861. The Hall–Kier alpha value is -2.33. The number of hydrogen-bond donors (Lipinski definition) is 2. The maximum atomic E-state index is 13.7. The van der Waals surface area contributed by atoms with Crippen LogP contribution in [0.15, 0.2) is 4.99 Å². The van der Waals surface area contributed by atoms with Gasteiger partial charge < -0.3 is 43.5 Å². The Morgan fingerprint density at radius 2 is 1.68 bits per heavy atom. The van der Waals surface area contributed by atoms with Crippen molar-refractivity contribution in [2.75, 3.05) is 27.3 Å². The summed E-state index contributed by atoms with van der Waals surface area (Å²) in [6.45, 7) is 15.5. The van der Waals surface area contributed by atoms with Crippen molar-refractivity contribution in [1.82, 2.24) is 4.90 Å². The van der Waals surface area contributed by atoms with Crippen molar-refractivity contribution in [3.63, 3.8) is 0 Å². The van der Waals surface area contributed by atoms with Crippen LogP contribution in [0.3, 0.4) is 0 Å². The van der Waals surface area contributed by atoms with Gasteiger partial charge in [0.05, 0.1) is 42.0 Å². The zero-order valence-corrected chi connectivity index (χ0v) is 31.8. The first-order valence-corrected chi connectivity index (χ1v) is 17.8. The van der Waals surface area contributed by atoms with E-state index in [1.54, 1.807) is 27.7 Å². The number of ether oxygens (including phenoxy) is 6. The molecule has 3 fully saturated rings. The minimum absolute atomic E-state index is 0.126. The highest BCUT2D eigenvalue weighted by molar-refractivity contribution is 5.98. The van der Waals surface area contributed by atoms with Crippen LogP contribution in [0.5, 0.6) is 0 Å². The van der Waals surface area contributed by atoms with Crippen molar-refractivity contribution in [2.45, 2.75) is 149 Å². The topological polar surface area (TPSA) is 180 Å². The van der Waals surface area contributed by atoms with Gasteiger partial charge in [-0.1, -0.05) is 27.7 Å². The second-order valence-corrected chi connectivity index (χ2v) is 15.2. The van der Waals surface area contributed by atoms with E-state index in [-0.39, 0.29) is 25.0 Å². The second-order valence-electron chi connectivity index (χ2n) is 15.2. The molecule has 14 heteroatoms. The molecular weight excluding hydrogens is 652 g/mol. The van der Waals surface area contributed by atoms with Crippen LogP contribution in [0.2, 0.25) is 0 Å². The van der Waals surface area contributed by atoms with E-state index in [1.807, 2.05) is 32.8 Å². The molecule has 1 amide bonds. The molecule has 3 aliphatic heterocycles. The predicted octanol–water partition coefficient (Wildman–Crippen LogP) is 2.48. The SMILES string of the molecule is CC[C@H]1OC(=O)[C@H](C)[C@@H](O)[C@H](C)[C@@H](O[C@@H]2O[C@H](C)C[C@H](N(C)C)[C@H]2OC(C)=O)[C@@]2(C)C[C@@H](C)C(=NC(C)=O)[C@H](C)[C@@H](OCC(=O)CO2)[C@]1(C)O. The number of carbonyl (C=O) groups excluding carboxylic acids is 4. The molecule has 0 aromatic rings. The molecule has 0 spiro atoms. The molecular formula is C36H60N2O12. The molecule has 286 valence electrons. The highest BCUT2D eigenvalue weighted by Gasteiger charge is 2.53. The van der Waals surface area contributed by atoms with Crippen LogP contribution in [-0.4, -0.2) is 132 Å². The highest BCUT2D eigenvalue weighted by atomic mass is 16.7. The van der Waals surface area contributed by atoms with E-state index in [1.165, 1.54) is 27.7 Å². The molecule has 0 unspecified atom stereocenters. The van der Waals surface area contributed by atoms with Gasteiger partial charge in [0.15, 0.2) is 18.2 Å². The molecule has 0 aromatic carbocycles. The van der Waals surface area contributed by atoms with Gasteiger partial charge in [0.25, 0.3) is 0 Å². The minimum atomic E-state index is -1.84. The smallest absolute Gasteiger partial charge is 0.311 e. The third-order valence-corrected chi connectivity index (χ3v) is 10.6. The summed E-state index contributed by atoms with van der Waals surface area (Å²) in [7, 11) is 3.74. The van der Waals surface area contributed by atoms with E-state index in [4.69, 9.17) is 28.4 Å². The summed E-state index contributed by atoms with van der Waals surface area (Å²) < 4.78 is 37.5. The standard InChI is InChI=1S/C36H60N2O12/c1-13-27-36(10,44)32-20(4)28(37-23(7)39)18(2)15-35(9,46-17-25(41)16-45-32)31(21(5)29(42)22(6)33(43)49-27)50-34-30(48-24(8)40)26(38(11)12)14-19(3)47-34/h18-22,26-27,29-32,34,42,44H,13-17H2,1-12H3/t18-,19-,20+,21+,22-,26+,27-,29+,30-,31-,32-,34+,35-,36-/m1/s1. The number of fused-ring (bicyclic) bond motifs is 5. The zero-order chi connectivity index (χ0) is 37.9. The molecule has 2 N–H and O–H groups in total. The number of carbonyl (C=O) groups is 4. The van der Waals surface area contributed by atoms with Crippen molar-refractivity contribution in [1.29, 1.82) is 0 Å². The number of esters is 2. The first kappa shape index (κ1) is 42.1. The van der Waals surface area contributed by atoms with Crippen molar-refractivity contribution in [2.24, 2.45) is 28.7 Å². The first-order chi connectivity index (χ1) is 23.1.